The van der Waals surface area contributed by atoms with Gasteiger partial charge in [-0.3, -0.25) is 0 Å². The Hall–Kier alpha value is -0.840. The third kappa shape index (κ3) is 2.45. The minimum atomic E-state index is 0.703. The molecule has 3 nitrogen and oxygen atoms in total. The van der Waals surface area contributed by atoms with Crippen LogP contribution in [-0.2, 0) is 6.54 Å². The summed E-state index contributed by atoms with van der Waals surface area (Å²) < 4.78 is 0.969. The second-order valence-electron chi connectivity index (χ2n) is 3.40. The van der Waals surface area contributed by atoms with Gasteiger partial charge in [0.1, 0.15) is 5.82 Å². The van der Waals surface area contributed by atoms with Crippen LogP contribution in [0.25, 0.3) is 11.3 Å². The molecule has 0 spiro atoms. The summed E-state index contributed by atoms with van der Waals surface area (Å²) in [5.41, 5.74) is 1.89. The molecule has 0 unspecified atom stereocenters. The highest BCUT2D eigenvalue weighted by Gasteiger charge is 2.07. The van der Waals surface area contributed by atoms with Gasteiger partial charge in [-0.25, -0.2) is 4.98 Å². The minimum absolute atomic E-state index is 0.703. The summed E-state index contributed by atoms with van der Waals surface area (Å²) in [5, 5.41) is 3.74. The van der Waals surface area contributed by atoms with E-state index in [0.29, 0.717) is 11.6 Å². The van der Waals surface area contributed by atoms with E-state index < -0.39 is 0 Å². The first-order valence-electron chi connectivity index (χ1n) is 4.84. The van der Waals surface area contributed by atoms with E-state index in [0.717, 1.165) is 21.6 Å². The number of H-pyrrole nitrogens is 1. The fourth-order valence-electron chi connectivity index (χ4n) is 1.46. The average molecular weight is 301 g/mol. The maximum Gasteiger partial charge on any atom is 0.120 e. The van der Waals surface area contributed by atoms with Crippen LogP contribution in [-0.4, -0.2) is 17.0 Å². The Balaban J connectivity index is 2.35. The van der Waals surface area contributed by atoms with Crippen LogP contribution in [0.15, 0.2) is 28.9 Å². The second kappa shape index (κ2) is 4.99. The monoisotopic (exact) mass is 299 g/mol. The maximum absolute atomic E-state index is 6.16. The van der Waals surface area contributed by atoms with Gasteiger partial charge < -0.3 is 10.3 Å². The zero-order chi connectivity index (χ0) is 11.5. The molecular formula is C11H11BrClN3. The first-order chi connectivity index (χ1) is 7.70. The van der Waals surface area contributed by atoms with E-state index in [1.54, 1.807) is 6.20 Å². The Bertz CT molecular complexity index is 496. The van der Waals surface area contributed by atoms with Gasteiger partial charge in [-0.05, 0) is 19.2 Å². The highest BCUT2D eigenvalue weighted by Crippen LogP contribution is 2.29. The number of nitrogens with zero attached hydrogens (tertiary/aromatic N) is 1. The number of hydrogen-bond acceptors (Lipinski definition) is 2. The Labute approximate surface area is 107 Å². The number of aromatic nitrogens is 2. The van der Waals surface area contributed by atoms with E-state index in [4.69, 9.17) is 11.6 Å². The van der Waals surface area contributed by atoms with Crippen molar-refractivity contribution >= 4 is 27.5 Å². The molecule has 1 heterocycles. The number of halogens is 2. The van der Waals surface area contributed by atoms with Gasteiger partial charge in [0.25, 0.3) is 0 Å². The van der Waals surface area contributed by atoms with Crippen molar-refractivity contribution < 1.29 is 0 Å². The summed E-state index contributed by atoms with van der Waals surface area (Å²) in [6.45, 7) is 0.716. The first kappa shape index (κ1) is 11.6. The number of imidazole rings is 1. The van der Waals surface area contributed by atoms with Crippen LogP contribution < -0.4 is 5.32 Å². The molecule has 2 aromatic rings. The van der Waals surface area contributed by atoms with Crippen LogP contribution in [0.4, 0.5) is 0 Å². The standard InChI is InChI=1S/C11H11BrClN3/c1-14-6-11-15-5-10(16-11)8-3-2-7(12)4-9(8)13/h2-5,14H,6H2,1H3,(H,15,16). The molecule has 0 atom stereocenters. The highest BCUT2D eigenvalue weighted by atomic mass is 79.9. The van der Waals surface area contributed by atoms with Gasteiger partial charge in [-0.1, -0.05) is 33.6 Å². The molecule has 1 aromatic carbocycles. The molecule has 2 rings (SSSR count). The topological polar surface area (TPSA) is 40.7 Å². The number of benzene rings is 1. The normalized spacial score (nSPS) is 10.7. The van der Waals surface area contributed by atoms with Crippen molar-refractivity contribution in [3.63, 3.8) is 0 Å². The molecule has 0 aliphatic rings. The molecule has 0 saturated heterocycles. The van der Waals surface area contributed by atoms with Gasteiger partial charge in [-0.2, -0.15) is 0 Å². The third-order valence-corrected chi connectivity index (χ3v) is 3.00. The molecule has 1 aromatic heterocycles. The van der Waals surface area contributed by atoms with Crippen molar-refractivity contribution in [2.45, 2.75) is 6.54 Å². The minimum Gasteiger partial charge on any atom is -0.341 e. The van der Waals surface area contributed by atoms with E-state index in [1.807, 2.05) is 25.2 Å². The molecule has 0 radical (unpaired) electrons. The molecule has 2 N–H and O–H groups in total. The Kier molecular flexibility index (Phi) is 3.63. The van der Waals surface area contributed by atoms with Gasteiger partial charge in [0.2, 0.25) is 0 Å². The molecule has 84 valence electrons. The van der Waals surface area contributed by atoms with E-state index in [1.165, 1.54) is 0 Å². The van der Waals surface area contributed by atoms with Crippen molar-refractivity contribution in [1.82, 2.24) is 15.3 Å². The molecule has 0 aliphatic carbocycles. The summed E-state index contributed by atoms with van der Waals surface area (Å²) in [6.07, 6.45) is 1.79. The smallest absolute Gasteiger partial charge is 0.120 e. The summed E-state index contributed by atoms with van der Waals surface area (Å²) in [5.74, 6) is 0.900. The predicted octanol–water partition coefficient (Wildman–Crippen LogP) is 3.21. The zero-order valence-corrected chi connectivity index (χ0v) is 11.1. The fraction of sp³-hybridized carbons (Fsp3) is 0.182. The average Bonchev–Trinajstić information content (AvgIpc) is 2.67. The van der Waals surface area contributed by atoms with Gasteiger partial charge in [0, 0.05) is 10.0 Å². The fourth-order valence-corrected chi connectivity index (χ4v) is 2.24. The van der Waals surface area contributed by atoms with Crippen molar-refractivity contribution in [3.8, 4) is 11.3 Å². The highest BCUT2D eigenvalue weighted by molar-refractivity contribution is 9.10. The largest absolute Gasteiger partial charge is 0.341 e. The summed E-state index contributed by atoms with van der Waals surface area (Å²) in [6, 6.07) is 5.79. The van der Waals surface area contributed by atoms with E-state index in [2.05, 4.69) is 31.2 Å². The van der Waals surface area contributed by atoms with Crippen LogP contribution in [0.1, 0.15) is 5.82 Å². The molecule has 0 saturated carbocycles. The summed E-state index contributed by atoms with van der Waals surface area (Å²) in [4.78, 5) is 7.47. The van der Waals surface area contributed by atoms with Gasteiger partial charge >= 0.3 is 0 Å². The number of nitrogens with one attached hydrogen (secondary N) is 2. The van der Waals surface area contributed by atoms with Crippen LogP contribution in [0, 0.1) is 0 Å². The van der Waals surface area contributed by atoms with Crippen LogP contribution >= 0.6 is 27.5 Å². The SMILES string of the molecule is CNCc1ncc(-c2ccc(Br)cc2Cl)[nH]1. The number of aromatic amines is 1. The van der Waals surface area contributed by atoms with Gasteiger partial charge in [0.15, 0.2) is 0 Å². The second-order valence-corrected chi connectivity index (χ2v) is 4.72. The Morgan fingerprint density at radius 1 is 1.50 bits per heavy atom. The van der Waals surface area contributed by atoms with Crippen molar-refractivity contribution in [3.05, 3.63) is 39.7 Å². The van der Waals surface area contributed by atoms with Crippen molar-refractivity contribution in [1.29, 1.82) is 0 Å². The Morgan fingerprint density at radius 3 is 3.00 bits per heavy atom. The van der Waals surface area contributed by atoms with Crippen molar-refractivity contribution in [2.24, 2.45) is 0 Å². The van der Waals surface area contributed by atoms with Crippen LogP contribution in [0.5, 0.6) is 0 Å². The molecule has 0 aliphatic heterocycles. The van der Waals surface area contributed by atoms with E-state index >= 15 is 0 Å². The maximum atomic E-state index is 6.16. The Morgan fingerprint density at radius 2 is 2.31 bits per heavy atom. The zero-order valence-electron chi connectivity index (χ0n) is 8.72. The van der Waals surface area contributed by atoms with E-state index in [9.17, 15) is 0 Å². The molecule has 16 heavy (non-hydrogen) atoms. The molecule has 0 fully saturated rings. The van der Waals surface area contributed by atoms with Crippen LogP contribution in [0.2, 0.25) is 5.02 Å². The van der Waals surface area contributed by atoms with E-state index in [-0.39, 0.29) is 0 Å². The predicted molar refractivity (Wildman–Crippen MR) is 69.5 cm³/mol. The third-order valence-electron chi connectivity index (χ3n) is 2.19. The molecular weight excluding hydrogens is 289 g/mol. The lowest BCUT2D eigenvalue weighted by Gasteiger charge is -2.01. The number of hydrogen-bond donors (Lipinski definition) is 2. The molecule has 5 heteroatoms. The van der Waals surface area contributed by atoms with Crippen LogP contribution in [0.3, 0.4) is 0 Å². The lowest BCUT2D eigenvalue weighted by atomic mass is 10.2. The van der Waals surface area contributed by atoms with Gasteiger partial charge in [-0.15, -0.1) is 0 Å². The van der Waals surface area contributed by atoms with Crippen molar-refractivity contribution in [2.75, 3.05) is 7.05 Å². The first-order valence-corrected chi connectivity index (χ1v) is 6.01. The quantitative estimate of drug-likeness (QED) is 0.914. The number of rotatable bonds is 3. The lowest BCUT2D eigenvalue weighted by Crippen LogP contribution is -2.06. The summed E-state index contributed by atoms with van der Waals surface area (Å²) in [7, 11) is 1.88. The lowest BCUT2D eigenvalue weighted by molar-refractivity contribution is 0.772. The molecule has 0 amide bonds. The van der Waals surface area contributed by atoms with Gasteiger partial charge in [0.05, 0.1) is 23.5 Å². The summed E-state index contributed by atoms with van der Waals surface area (Å²) >= 11 is 9.54. The molecule has 0 bridgehead atoms.